The molecular formula is C12H17FO2. The molecule has 15 heavy (non-hydrogen) atoms. The van der Waals surface area contributed by atoms with E-state index in [-0.39, 0.29) is 5.82 Å². The number of benzene rings is 1. The first-order valence-electron chi connectivity index (χ1n) is 5.20. The standard InChI is InChI=1S/C12H17FO2/c1-3-4-5-11(14)10-8-9(13)6-7-12(10)15-2/h6-8,11,14H,3-5H2,1-2H3. The zero-order valence-corrected chi connectivity index (χ0v) is 9.16. The van der Waals surface area contributed by atoms with Crippen LogP contribution in [0.25, 0.3) is 0 Å². The summed E-state index contributed by atoms with van der Waals surface area (Å²) >= 11 is 0. The zero-order chi connectivity index (χ0) is 11.3. The number of hydrogen-bond donors (Lipinski definition) is 1. The Bertz CT molecular complexity index is 312. The van der Waals surface area contributed by atoms with Crippen LogP contribution in [0.1, 0.15) is 37.9 Å². The smallest absolute Gasteiger partial charge is 0.124 e. The molecule has 0 saturated carbocycles. The van der Waals surface area contributed by atoms with Crippen molar-refractivity contribution in [3.8, 4) is 5.75 Å². The Hall–Kier alpha value is -1.09. The molecule has 0 radical (unpaired) electrons. The summed E-state index contributed by atoms with van der Waals surface area (Å²) in [4.78, 5) is 0. The van der Waals surface area contributed by atoms with Crippen LogP contribution in [0.15, 0.2) is 18.2 Å². The summed E-state index contributed by atoms with van der Waals surface area (Å²) in [6, 6.07) is 4.20. The van der Waals surface area contributed by atoms with Gasteiger partial charge in [-0.15, -0.1) is 0 Å². The number of rotatable bonds is 5. The predicted octanol–water partition coefficient (Wildman–Crippen LogP) is 3.06. The summed E-state index contributed by atoms with van der Waals surface area (Å²) in [6.07, 6.45) is 1.92. The van der Waals surface area contributed by atoms with Crippen LogP contribution in [0, 0.1) is 5.82 Å². The lowest BCUT2D eigenvalue weighted by Gasteiger charge is -2.14. The fraction of sp³-hybridized carbons (Fsp3) is 0.500. The lowest BCUT2D eigenvalue weighted by Crippen LogP contribution is -2.01. The van der Waals surface area contributed by atoms with E-state index in [1.165, 1.54) is 19.2 Å². The molecule has 1 aromatic carbocycles. The molecule has 0 aromatic heterocycles. The van der Waals surface area contributed by atoms with Crippen molar-refractivity contribution in [2.75, 3.05) is 7.11 Å². The number of unbranched alkanes of at least 4 members (excludes halogenated alkanes) is 1. The van der Waals surface area contributed by atoms with Crippen molar-refractivity contribution in [1.29, 1.82) is 0 Å². The third-order valence-electron chi connectivity index (χ3n) is 2.38. The molecule has 1 aromatic rings. The molecule has 0 bridgehead atoms. The third-order valence-corrected chi connectivity index (χ3v) is 2.38. The molecule has 1 N–H and O–H groups in total. The maximum Gasteiger partial charge on any atom is 0.124 e. The number of aliphatic hydroxyl groups excluding tert-OH is 1. The number of hydrogen-bond acceptors (Lipinski definition) is 2. The summed E-state index contributed by atoms with van der Waals surface area (Å²) in [5.74, 6) is 0.196. The highest BCUT2D eigenvalue weighted by atomic mass is 19.1. The van der Waals surface area contributed by atoms with E-state index in [0.717, 1.165) is 12.8 Å². The first kappa shape index (κ1) is 12.0. The van der Waals surface area contributed by atoms with Gasteiger partial charge >= 0.3 is 0 Å². The average Bonchev–Trinajstić information content (AvgIpc) is 2.25. The average molecular weight is 212 g/mol. The van der Waals surface area contributed by atoms with Gasteiger partial charge in [0, 0.05) is 5.56 Å². The number of ether oxygens (including phenoxy) is 1. The highest BCUT2D eigenvalue weighted by molar-refractivity contribution is 5.35. The van der Waals surface area contributed by atoms with Crippen molar-refractivity contribution in [3.05, 3.63) is 29.6 Å². The van der Waals surface area contributed by atoms with E-state index >= 15 is 0 Å². The first-order valence-corrected chi connectivity index (χ1v) is 5.20. The van der Waals surface area contributed by atoms with E-state index in [1.807, 2.05) is 0 Å². The van der Waals surface area contributed by atoms with Gasteiger partial charge < -0.3 is 9.84 Å². The minimum atomic E-state index is -0.643. The molecular weight excluding hydrogens is 195 g/mol. The third kappa shape index (κ3) is 3.20. The largest absolute Gasteiger partial charge is 0.496 e. The van der Waals surface area contributed by atoms with Gasteiger partial charge in [-0.05, 0) is 24.6 Å². The molecule has 0 aliphatic heterocycles. The van der Waals surface area contributed by atoms with Crippen LogP contribution in [-0.2, 0) is 0 Å². The van der Waals surface area contributed by atoms with Gasteiger partial charge in [0.05, 0.1) is 13.2 Å². The van der Waals surface area contributed by atoms with Crippen LogP contribution in [0.4, 0.5) is 4.39 Å². The number of halogens is 1. The molecule has 3 heteroatoms. The van der Waals surface area contributed by atoms with Crippen molar-refractivity contribution < 1.29 is 14.2 Å². The Kier molecular flexibility index (Phi) is 4.56. The summed E-state index contributed by atoms with van der Waals surface area (Å²) in [7, 11) is 1.52. The molecule has 1 unspecified atom stereocenters. The minimum absolute atomic E-state index is 0.346. The van der Waals surface area contributed by atoms with E-state index in [0.29, 0.717) is 17.7 Å². The van der Waals surface area contributed by atoms with E-state index in [4.69, 9.17) is 4.74 Å². The van der Waals surface area contributed by atoms with Crippen LogP contribution < -0.4 is 4.74 Å². The molecule has 0 aliphatic carbocycles. The molecule has 1 rings (SSSR count). The summed E-state index contributed by atoms with van der Waals surface area (Å²) in [5.41, 5.74) is 0.533. The molecule has 0 aliphatic rings. The lowest BCUT2D eigenvalue weighted by molar-refractivity contribution is 0.160. The summed E-state index contributed by atoms with van der Waals surface area (Å²) < 4.78 is 18.1. The van der Waals surface area contributed by atoms with Gasteiger partial charge in [0.15, 0.2) is 0 Å². The van der Waals surface area contributed by atoms with Gasteiger partial charge in [-0.3, -0.25) is 0 Å². The van der Waals surface area contributed by atoms with Crippen LogP contribution in [0.2, 0.25) is 0 Å². The Morgan fingerprint density at radius 1 is 1.47 bits per heavy atom. The quantitative estimate of drug-likeness (QED) is 0.812. The molecule has 0 saturated heterocycles. The van der Waals surface area contributed by atoms with Gasteiger partial charge in [-0.2, -0.15) is 0 Å². The molecule has 2 nitrogen and oxygen atoms in total. The van der Waals surface area contributed by atoms with Crippen molar-refractivity contribution >= 4 is 0 Å². The number of aliphatic hydroxyl groups is 1. The Labute approximate surface area is 89.7 Å². The van der Waals surface area contributed by atoms with Gasteiger partial charge in [-0.25, -0.2) is 4.39 Å². The van der Waals surface area contributed by atoms with Crippen LogP contribution in [0.5, 0.6) is 5.75 Å². The van der Waals surface area contributed by atoms with E-state index in [9.17, 15) is 9.50 Å². The second kappa shape index (κ2) is 5.71. The normalized spacial score (nSPS) is 12.5. The molecule has 0 fully saturated rings. The predicted molar refractivity (Wildman–Crippen MR) is 57.4 cm³/mol. The van der Waals surface area contributed by atoms with Crippen LogP contribution >= 0.6 is 0 Å². The number of methoxy groups -OCH3 is 1. The van der Waals surface area contributed by atoms with Gasteiger partial charge in [-0.1, -0.05) is 19.8 Å². The fourth-order valence-corrected chi connectivity index (χ4v) is 1.52. The second-order valence-electron chi connectivity index (χ2n) is 3.54. The summed E-state index contributed by atoms with van der Waals surface area (Å²) in [6.45, 7) is 2.05. The van der Waals surface area contributed by atoms with Crippen molar-refractivity contribution in [1.82, 2.24) is 0 Å². The second-order valence-corrected chi connectivity index (χ2v) is 3.54. The van der Waals surface area contributed by atoms with E-state index < -0.39 is 6.10 Å². The highest BCUT2D eigenvalue weighted by Gasteiger charge is 2.13. The monoisotopic (exact) mass is 212 g/mol. The molecule has 1 atom stereocenters. The topological polar surface area (TPSA) is 29.5 Å². The molecule has 0 amide bonds. The Morgan fingerprint density at radius 3 is 2.80 bits per heavy atom. The Balaban J connectivity index is 2.85. The molecule has 84 valence electrons. The molecule has 0 spiro atoms. The highest BCUT2D eigenvalue weighted by Crippen LogP contribution is 2.28. The van der Waals surface area contributed by atoms with Gasteiger partial charge in [0.2, 0.25) is 0 Å². The maximum atomic E-state index is 13.0. The first-order chi connectivity index (χ1) is 7.19. The van der Waals surface area contributed by atoms with Crippen molar-refractivity contribution in [2.45, 2.75) is 32.3 Å². The SMILES string of the molecule is CCCCC(O)c1cc(F)ccc1OC. The zero-order valence-electron chi connectivity index (χ0n) is 9.16. The minimum Gasteiger partial charge on any atom is -0.496 e. The van der Waals surface area contributed by atoms with Crippen LogP contribution in [-0.4, -0.2) is 12.2 Å². The fourth-order valence-electron chi connectivity index (χ4n) is 1.52. The van der Waals surface area contributed by atoms with E-state index in [2.05, 4.69) is 6.92 Å². The molecule has 0 heterocycles. The Morgan fingerprint density at radius 2 is 2.20 bits per heavy atom. The van der Waals surface area contributed by atoms with Crippen LogP contribution in [0.3, 0.4) is 0 Å². The van der Waals surface area contributed by atoms with Crippen molar-refractivity contribution in [2.24, 2.45) is 0 Å². The summed E-state index contributed by atoms with van der Waals surface area (Å²) in [5, 5.41) is 9.84. The van der Waals surface area contributed by atoms with Gasteiger partial charge in [0.25, 0.3) is 0 Å². The van der Waals surface area contributed by atoms with E-state index in [1.54, 1.807) is 6.07 Å². The maximum absolute atomic E-state index is 13.0. The van der Waals surface area contributed by atoms with Gasteiger partial charge in [0.1, 0.15) is 11.6 Å². The van der Waals surface area contributed by atoms with Crippen molar-refractivity contribution in [3.63, 3.8) is 0 Å². The lowest BCUT2D eigenvalue weighted by atomic mass is 10.0.